The number of aliphatic hydroxyl groups is 2. The number of aromatic nitrogens is 1. The number of pyridine rings is 1. The molecule has 1 aromatic heterocycles. The summed E-state index contributed by atoms with van der Waals surface area (Å²) in [4.78, 5) is 15.7. The Kier molecular flexibility index (Phi) is 10.3. The molecular weight excluding hydrogens is 308 g/mol. The Hall–Kier alpha value is -0.760. The van der Waals surface area contributed by atoms with Crippen LogP contribution in [0.1, 0.15) is 25.7 Å². The molecule has 21 heavy (non-hydrogen) atoms. The van der Waals surface area contributed by atoms with Crippen molar-refractivity contribution in [2.75, 3.05) is 19.0 Å². The van der Waals surface area contributed by atoms with E-state index < -0.39 is 6.04 Å². The third-order valence-corrected chi connectivity index (χ3v) is 5.07. The molecule has 0 unspecified atom stereocenters. The highest BCUT2D eigenvalue weighted by Gasteiger charge is 2.09. The summed E-state index contributed by atoms with van der Waals surface area (Å²) in [7, 11) is 3.44. The Balaban J connectivity index is 1.96. The van der Waals surface area contributed by atoms with Crippen molar-refractivity contribution in [3.63, 3.8) is 0 Å². The predicted molar refractivity (Wildman–Crippen MR) is 87.1 cm³/mol. The van der Waals surface area contributed by atoms with Crippen molar-refractivity contribution in [2.45, 2.75) is 36.8 Å². The number of hydrogen-bond donors (Lipinski definition) is 3. The summed E-state index contributed by atoms with van der Waals surface area (Å²) in [5, 5.41) is 21.3. The molecule has 0 aliphatic carbocycles. The molecule has 1 rings (SSSR count). The van der Waals surface area contributed by atoms with Gasteiger partial charge in [-0.3, -0.25) is 4.79 Å². The third kappa shape index (κ3) is 8.98. The summed E-state index contributed by atoms with van der Waals surface area (Å²) >= 11 is 0. The van der Waals surface area contributed by atoms with Crippen LogP contribution in [0.15, 0.2) is 29.4 Å². The van der Waals surface area contributed by atoms with Gasteiger partial charge in [0.25, 0.3) is 0 Å². The molecule has 3 N–H and O–H groups in total. The quantitative estimate of drug-likeness (QED) is 0.424. The number of unbranched alkanes of at least 4 members (excludes halogenated alkanes) is 2. The van der Waals surface area contributed by atoms with Gasteiger partial charge in [0.05, 0.1) is 19.3 Å². The van der Waals surface area contributed by atoms with Crippen molar-refractivity contribution in [1.29, 1.82) is 0 Å². The number of amides is 1. The molecule has 7 heteroatoms. The van der Waals surface area contributed by atoms with Crippen molar-refractivity contribution in [3.8, 4) is 0 Å². The largest absolute Gasteiger partial charge is 0.394 e. The van der Waals surface area contributed by atoms with Gasteiger partial charge in [-0.05, 0) is 35.8 Å². The van der Waals surface area contributed by atoms with Gasteiger partial charge < -0.3 is 15.5 Å². The average molecular weight is 330 g/mol. The summed E-state index contributed by atoms with van der Waals surface area (Å²) in [6.45, 7) is -0.465. The Labute approximate surface area is 133 Å². The van der Waals surface area contributed by atoms with Crippen LogP contribution in [-0.4, -0.2) is 46.1 Å². The Morgan fingerprint density at radius 1 is 1.24 bits per heavy atom. The maximum atomic E-state index is 11.5. The maximum Gasteiger partial charge on any atom is 0.220 e. The van der Waals surface area contributed by atoms with Crippen molar-refractivity contribution in [2.24, 2.45) is 0 Å². The lowest BCUT2D eigenvalue weighted by Gasteiger charge is -2.12. The molecule has 0 atom stereocenters. The van der Waals surface area contributed by atoms with Crippen LogP contribution in [-0.2, 0) is 4.79 Å². The van der Waals surface area contributed by atoms with Crippen LogP contribution < -0.4 is 5.32 Å². The molecule has 0 bridgehead atoms. The molecule has 0 aromatic carbocycles. The molecule has 5 nitrogen and oxygen atoms in total. The standard InChI is InChI=1S/C14H22N2O3S2/c17-10-12(11-18)16-13(19)6-2-1-5-9-20-21-14-7-3-4-8-15-14/h3-4,7-8,12,17-18H,1-2,5-6,9-11H2,(H,16,19). The lowest BCUT2D eigenvalue weighted by atomic mass is 10.2. The fourth-order valence-electron chi connectivity index (χ4n) is 1.57. The van der Waals surface area contributed by atoms with E-state index in [9.17, 15) is 4.79 Å². The lowest BCUT2D eigenvalue weighted by Crippen LogP contribution is -2.39. The highest BCUT2D eigenvalue weighted by atomic mass is 33.1. The van der Waals surface area contributed by atoms with Gasteiger partial charge in [0.1, 0.15) is 5.03 Å². The summed E-state index contributed by atoms with van der Waals surface area (Å²) in [6.07, 6.45) is 5.10. The fraction of sp³-hybridized carbons (Fsp3) is 0.571. The minimum absolute atomic E-state index is 0.112. The normalized spacial score (nSPS) is 10.8. The van der Waals surface area contributed by atoms with Gasteiger partial charge in [-0.1, -0.05) is 23.3 Å². The van der Waals surface area contributed by atoms with Gasteiger partial charge >= 0.3 is 0 Å². The highest BCUT2D eigenvalue weighted by Crippen LogP contribution is 2.29. The molecule has 0 aliphatic heterocycles. The van der Waals surface area contributed by atoms with Gasteiger partial charge in [-0.2, -0.15) is 0 Å². The monoisotopic (exact) mass is 330 g/mol. The second-order valence-electron chi connectivity index (χ2n) is 4.51. The molecule has 0 aliphatic rings. The van der Waals surface area contributed by atoms with E-state index in [1.54, 1.807) is 27.8 Å². The molecule has 1 aromatic rings. The first-order chi connectivity index (χ1) is 10.3. The maximum absolute atomic E-state index is 11.5. The number of hydrogen-bond acceptors (Lipinski definition) is 6. The Bertz CT molecular complexity index is 389. The lowest BCUT2D eigenvalue weighted by molar-refractivity contribution is -0.122. The number of rotatable bonds is 11. The molecule has 1 amide bonds. The van der Waals surface area contributed by atoms with Crippen molar-refractivity contribution >= 4 is 27.5 Å². The van der Waals surface area contributed by atoms with Crippen LogP contribution >= 0.6 is 21.6 Å². The van der Waals surface area contributed by atoms with E-state index >= 15 is 0 Å². The van der Waals surface area contributed by atoms with Crippen LogP contribution in [0, 0.1) is 0 Å². The van der Waals surface area contributed by atoms with Crippen molar-refractivity contribution in [3.05, 3.63) is 24.4 Å². The van der Waals surface area contributed by atoms with E-state index in [2.05, 4.69) is 10.3 Å². The smallest absolute Gasteiger partial charge is 0.220 e. The van der Waals surface area contributed by atoms with Crippen molar-refractivity contribution in [1.82, 2.24) is 10.3 Å². The van der Waals surface area contributed by atoms with Crippen LogP contribution in [0.25, 0.3) is 0 Å². The minimum atomic E-state index is -0.539. The Morgan fingerprint density at radius 3 is 2.71 bits per heavy atom. The number of aliphatic hydroxyl groups excluding tert-OH is 2. The zero-order chi connectivity index (χ0) is 15.3. The number of carbonyl (C=O) groups is 1. The van der Waals surface area contributed by atoms with E-state index in [0.717, 1.165) is 30.0 Å². The van der Waals surface area contributed by atoms with Crippen LogP contribution in [0.2, 0.25) is 0 Å². The van der Waals surface area contributed by atoms with Gasteiger partial charge in [0.2, 0.25) is 5.91 Å². The molecule has 118 valence electrons. The van der Waals surface area contributed by atoms with Crippen LogP contribution in [0.3, 0.4) is 0 Å². The molecular formula is C14H22N2O3S2. The Morgan fingerprint density at radius 2 is 2.05 bits per heavy atom. The summed E-state index contributed by atoms with van der Waals surface area (Å²) in [5.41, 5.74) is 0. The second kappa shape index (κ2) is 11.9. The van der Waals surface area contributed by atoms with E-state index in [4.69, 9.17) is 10.2 Å². The summed E-state index contributed by atoms with van der Waals surface area (Å²) < 4.78 is 0. The molecule has 0 radical (unpaired) electrons. The third-order valence-electron chi connectivity index (χ3n) is 2.72. The van der Waals surface area contributed by atoms with Crippen molar-refractivity contribution < 1.29 is 15.0 Å². The minimum Gasteiger partial charge on any atom is -0.394 e. The first-order valence-corrected chi connectivity index (χ1v) is 9.29. The predicted octanol–water partition coefficient (Wildman–Crippen LogP) is 1.85. The van der Waals surface area contributed by atoms with E-state index in [1.807, 2.05) is 18.2 Å². The van der Waals surface area contributed by atoms with Gasteiger partial charge in [-0.15, -0.1) is 0 Å². The SMILES string of the molecule is O=C(CCCCCSSc1ccccn1)NC(CO)CO. The average Bonchev–Trinajstić information content (AvgIpc) is 2.52. The summed E-state index contributed by atoms with van der Waals surface area (Å²) in [6, 6.07) is 5.32. The highest BCUT2D eigenvalue weighted by molar-refractivity contribution is 8.76. The fourth-order valence-corrected chi connectivity index (χ4v) is 3.60. The topological polar surface area (TPSA) is 82.5 Å². The van der Waals surface area contributed by atoms with Gasteiger partial charge in [0, 0.05) is 18.4 Å². The zero-order valence-corrected chi connectivity index (χ0v) is 13.5. The van der Waals surface area contributed by atoms with E-state index in [-0.39, 0.29) is 19.1 Å². The molecule has 0 spiro atoms. The van der Waals surface area contributed by atoms with E-state index in [1.165, 1.54) is 0 Å². The van der Waals surface area contributed by atoms with Crippen LogP contribution in [0.5, 0.6) is 0 Å². The number of nitrogens with one attached hydrogen (secondary N) is 1. The number of nitrogens with zero attached hydrogens (tertiary/aromatic N) is 1. The molecule has 1 heterocycles. The van der Waals surface area contributed by atoms with Gasteiger partial charge in [0.15, 0.2) is 0 Å². The second-order valence-corrected chi connectivity index (χ2v) is 6.95. The van der Waals surface area contributed by atoms with Gasteiger partial charge in [-0.25, -0.2) is 4.98 Å². The molecule has 0 saturated carbocycles. The van der Waals surface area contributed by atoms with E-state index in [0.29, 0.717) is 6.42 Å². The first kappa shape index (κ1) is 18.3. The van der Waals surface area contributed by atoms with Crippen LogP contribution in [0.4, 0.5) is 0 Å². The zero-order valence-electron chi connectivity index (χ0n) is 11.9. The number of carbonyl (C=O) groups excluding carboxylic acids is 1. The summed E-state index contributed by atoms with van der Waals surface area (Å²) in [5.74, 6) is 0.914. The first-order valence-electron chi connectivity index (χ1n) is 6.98. The molecule has 0 fully saturated rings. The molecule has 0 saturated heterocycles.